The largest absolute Gasteiger partial charge is 0.477 e. The number of aromatic nitrogens is 3. The standard InChI is InChI=1S/C14H8Cl3N3O2/c1-6-12(17)13-18-10(5-11(14(21)22)20(13)19-6)8-3-2-7(15)4-9(8)16/h2-5H,1H3,(H,21,22). The molecule has 2 aromatic heterocycles. The molecule has 3 rings (SSSR count). The van der Waals surface area contributed by atoms with E-state index in [2.05, 4.69) is 10.1 Å². The van der Waals surface area contributed by atoms with Gasteiger partial charge in [-0.05, 0) is 31.2 Å². The van der Waals surface area contributed by atoms with E-state index in [1.165, 1.54) is 10.6 Å². The topological polar surface area (TPSA) is 67.5 Å². The normalized spacial score (nSPS) is 11.1. The zero-order chi connectivity index (χ0) is 16.0. The van der Waals surface area contributed by atoms with E-state index in [0.717, 1.165) is 0 Å². The average Bonchev–Trinajstić information content (AvgIpc) is 2.73. The zero-order valence-electron chi connectivity index (χ0n) is 11.1. The SMILES string of the molecule is Cc1nn2c(C(=O)O)cc(-c3ccc(Cl)cc3Cl)nc2c1Cl. The minimum Gasteiger partial charge on any atom is -0.477 e. The first-order valence-corrected chi connectivity index (χ1v) is 7.26. The molecule has 1 N–H and O–H groups in total. The summed E-state index contributed by atoms with van der Waals surface area (Å²) in [5.41, 5.74) is 1.65. The van der Waals surface area contributed by atoms with Crippen molar-refractivity contribution in [1.82, 2.24) is 14.6 Å². The second-order valence-electron chi connectivity index (χ2n) is 4.59. The maximum Gasteiger partial charge on any atom is 0.354 e. The maximum absolute atomic E-state index is 11.5. The molecule has 0 fully saturated rings. The van der Waals surface area contributed by atoms with Gasteiger partial charge in [0, 0.05) is 10.6 Å². The highest BCUT2D eigenvalue weighted by molar-refractivity contribution is 6.36. The van der Waals surface area contributed by atoms with Gasteiger partial charge in [-0.15, -0.1) is 0 Å². The summed E-state index contributed by atoms with van der Waals surface area (Å²) in [6.07, 6.45) is 0. The number of aromatic carboxylic acids is 1. The Kier molecular flexibility index (Phi) is 3.72. The van der Waals surface area contributed by atoms with Crippen molar-refractivity contribution in [3.63, 3.8) is 0 Å². The lowest BCUT2D eigenvalue weighted by Gasteiger charge is -2.07. The van der Waals surface area contributed by atoms with Crippen molar-refractivity contribution in [3.8, 4) is 11.3 Å². The lowest BCUT2D eigenvalue weighted by molar-refractivity contribution is 0.0687. The predicted molar refractivity (Wildman–Crippen MR) is 85.1 cm³/mol. The summed E-state index contributed by atoms with van der Waals surface area (Å²) in [6, 6.07) is 6.28. The van der Waals surface area contributed by atoms with Crippen LogP contribution < -0.4 is 0 Å². The summed E-state index contributed by atoms with van der Waals surface area (Å²) in [6.45, 7) is 1.68. The molecular formula is C14H8Cl3N3O2. The number of rotatable bonds is 2. The molecule has 0 aliphatic carbocycles. The van der Waals surface area contributed by atoms with Crippen LogP contribution in [-0.2, 0) is 0 Å². The van der Waals surface area contributed by atoms with Crippen molar-refractivity contribution < 1.29 is 9.90 Å². The van der Waals surface area contributed by atoms with Crippen LogP contribution in [-0.4, -0.2) is 25.7 Å². The van der Waals surface area contributed by atoms with Crippen LogP contribution in [0, 0.1) is 6.92 Å². The Morgan fingerprint density at radius 2 is 1.95 bits per heavy atom. The van der Waals surface area contributed by atoms with Gasteiger partial charge < -0.3 is 5.11 Å². The number of carboxylic acids is 1. The van der Waals surface area contributed by atoms with Gasteiger partial charge in [0.15, 0.2) is 11.3 Å². The van der Waals surface area contributed by atoms with Gasteiger partial charge >= 0.3 is 5.97 Å². The van der Waals surface area contributed by atoms with E-state index in [0.29, 0.717) is 32.0 Å². The first-order valence-electron chi connectivity index (χ1n) is 6.13. The Morgan fingerprint density at radius 3 is 2.59 bits per heavy atom. The van der Waals surface area contributed by atoms with Crippen LogP contribution in [0.15, 0.2) is 24.3 Å². The summed E-state index contributed by atoms with van der Waals surface area (Å²) in [7, 11) is 0. The number of hydrogen-bond donors (Lipinski definition) is 1. The summed E-state index contributed by atoms with van der Waals surface area (Å²) in [5, 5.41) is 14.6. The fourth-order valence-electron chi connectivity index (χ4n) is 2.08. The molecule has 3 aromatic rings. The molecule has 0 saturated heterocycles. The van der Waals surface area contributed by atoms with E-state index >= 15 is 0 Å². The molecule has 5 nitrogen and oxygen atoms in total. The third-order valence-electron chi connectivity index (χ3n) is 3.12. The smallest absolute Gasteiger partial charge is 0.354 e. The minimum absolute atomic E-state index is 0.0546. The molecular weight excluding hydrogens is 349 g/mol. The van der Waals surface area contributed by atoms with E-state index in [9.17, 15) is 9.90 Å². The van der Waals surface area contributed by atoms with Gasteiger partial charge in [0.05, 0.1) is 16.4 Å². The quantitative estimate of drug-likeness (QED) is 0.740. The van der Waals surface area contributed by atoms with Crippen LogP contribution in [0.4, 0.5) is 0 Å². The maximum atomic E-state index is 11.5. The van der Waals surface area contributed by atoms with Crippen molar-refractivity contribution in [2.45, 2.75) is 6.92 Å². The number of fused-ring (bicyclic) bond motifs is 1. The van der Waals surface area contributed by atoms with Gasteiger partial charge in [0.1, 0.15) is 5.02 Å². The molecule has 0 aliphatic rings. The first kappa shape index (κ1) is 15.1. The number of carbonyl (C=O) groups is 1. The Labute approximate surface area is 140 Å². The van der Waals surface area contributed by atoms with Crippen molar-refractivity contribution in [2.24, 2.45) is 0 Å². The summed E-state index contributed by atoms with van der Waals surface area (Å²) in [4.78, 5) is 15.8. The molecule has 0 bridgehead atoms. The monoisotopic (exact) mass is 355 g/mol. The number of hydrogen-bond acceptors (Lipinski definition) is 3. The molecule has 0 atom stereocenters. The minimum atomic E-state index is -1.14. The number of carboxylic acid groups (broad SMARTS) is 1. The Hall–Kier alpha value is -1.82. The van der Waals surface area contributed by atoms with E-state index in [-0.39, 0.29) is 11.3 Å². The molecule has 0 spiro atoms. The second-order valence-corrected chi connectivity index (χ2v) is 5.81. The highest BCUT2D eigenvalue weighted by atomic mass is 35.5. The van der Waals surface area contributed by atoms with E-state index in [4.69, 9.17) is 34.8 Å². The second kappa shape index (κ2) is 5.43. The number of nitrogens with zero attached hydrogens (tertiary/aromatic N) is 3. The first-order chi connectivity index (χ1) is 10.4. The zero-order valence-corrected chi connectivity index (χ0v) is 13.4. The third-order valence-corrected chi connectivity index (χ3v) is 4.11. The van der Waals surface area contributed by atoms with Crippen LogP contribution in [0.2, 0.25) is 15.1 Å². The van der Waals surface area contributed by atoms with Crippen LogP contribution >= 0.6 is 34.8 Å². The number of aryl methyl sites for hydroxylation is 1. The molecule has 2 heterocycles. The Morgan fingerprint density at radius 1 is 1.23 bits per heavy atom. The van der Waals surface area contributed by atoms with Crippen molar-refractivity contribution in [3.05, 3.63) is 50.7 Å². The van der Waals surface area contributed by atoms with E-state index < -0.39 is 5.97 Å². The lowest BCUT2D eigenvalue weighted by atomic mass is 10.1. The molecule has 0 radical (unpaired) electrons. The number of benzene rings is 1. The fraction of sp³-hybridized carbons (Fsp3) is 0.0714. The highest BCUT2D eigenvalue weighted by Crippen LogP contribution is 2.31. The van der Waals surface area contributed by atoms with E-state index in [1.54, 1.807) is 25.1 Å². The Bertz CT molecular complexity index is 921. The molecule has 22 heavy (non-hydrogen) atoms. The lowest BCUT2D eigenvalue weighted by Crippen LogP contribution is -2.08. The molecule has 0 aliphatic heterocycles. The molecule has 0 saturated carbocycles. The van der Waals surface area contributed by atoms with Crippen LogP contribution in [0.3, 0.4) is 0 Å². The average molecular weight is 357 g/mol. The molecule has 0 unspecified atom stereocenters. The van der Waals surface area contributed by atoms with Gasteiger partial charge in [-0.1, -0.05) is 34.8 Å². The van der Waals surface area contributed by atoms with Crippen LogP contribution in [0.1, 0.15) is 16.2 Å². The van der Waals surface area contributed by atoms with Gasteiger partial charge in [0.2, 0.25) is 0 Å². The van der Waals surface area contributed by atoms with Gasteiger partial charge in [0.25, 0.3) is 0 Å². The van der Waals surface area contributed by atoms with Gasteiger partial charge in [-0.2, -0.15) is 5.10 Å². The molecule has 1 aromatic carbocycles. The molecule has 112 valence electrons. The molecule has 8 heteroatoms. The van der Waals surface area contributed by atoms with E-state index in [1.807, 2.05) is 0 Å². The van der Waals surface area contributed by atoms with Crippen molar-refractivity contribution in [2.75, 3.05) is 0 Å². The number of halogens is 3. The summed E-state index contributed by atoms with van der Waals surface area (Å²) in [5.74, 6) is -1.14. The highest BCUT2D eigenvalue weighted by Gasteiger charge is 2.19. The van der Waals surface area contributed by atoms with Gasteiger partial charge in [-0.25, -0.2) is 14.3 Å². The van der Waals surface area contributed by atoms with Crippen molar-refractivity contribution >= 4 is 46.4 Å². The van der Waals surface area contributed by atoms with Crippen molar-refractivity contribution in [1.29, 1.82) is 0 Å². The third kappa shape index (κ3) is 2.41. The fourth-order valence-corrected chi connectivity index (χ4v) is 2.75. The summed E-state index contributed by atoms with van der Waals surface area (Å²) < 4.78 is 1.20. The Balaban J connectivity index is 2.35. The van der Waals surface area contributed by atoms with Crippen LogP contribution in [0.25, 0.3) is 16.9 Å². The molecule has 0 amide bonds. The summed E-state index contributed by atoms with van der Waals surface area (Å²) >= 11 is 18.2. The van der Waals surface area contributed by atoms with Crippen LogP contribution in [0.5, 0.6) is 0 Å². The van der Waals surface area contributed by atoms with Gasteiger partial charge in [-0.3, -0.25) is 0 Å². The predicted octanol–water partition coefficient (Wildman–Crippen LogP) is 4.36.